The monoisotopic (exact) mass is 365 g/mol. The molecule has 0 aliphatic rings. The second kappa shape index (κ2) is 8.80. The van der Waals surface area contributed by atoms with Crippen molar-refractivity contribution in [3.8, 4) is 11.5 Å². The number of ether oxygens (including phenoxy) is 3. The van der Waals surface area contributed by atoms with E-state index < -0.39 is 24.6 Å². The minimum Gasteiger partial charge on any atom is -0.493 e. The van der Waals surface area contributed by atoms with E-state index in [1.807, 2.05) is 0 Å². The molecule has 138 valence electrons. The lowest BCUT2D eigenvalue weighted by Gasteiger charge is -2.15. The molecule has 0 aromatic heterocycles. The van der Waals surface area contributed by atoms with E-state index in [-0.39, 0.29) is 17.1 Å². The lowest BCUT2D eigenvalue weighted by molar-refractivity contribution is -0.123. The molecular formula is C18H17F2NO5. The number of benzene rings is 2. The van der Waals surface area contributed by atoms with Crippen LogP contribution in [0.4, 0.5) is 14.5 Å². The minimum absolute atomic E-state index is 0.0304. The van der Waals surface area contributed by atoms with Crippen LogP contribution < -0.4 is 14.8 Å². The van der Waals surface area contributed by atoms with Gasteiger partial charge in [0.25, 0.3) is 5.91 Å². The first-order chi connectivity index (χ1) is 12.4. The molecule has 0 spiro atoms. The fourth-order valence-electron chi connectivity index (χ4n) is 2.04. The molecule has 26 heavy (non-hydrogen) atoms. The number of carbonyl (C=O) groups excluding carboxylic acids is 2. The van der Waals surface area contributed by atoms with Crippen LogP contribution in [-0.2, 0) is 9.53 Å². The highest BCUT2D eigenvalue weighted by Crippen LogP contribution is 2.29. The van der Waals surface area contributed by atoms with Crippen LogP contribution in [0, 0.1) is 0 Å². The third kappa shape index (κ3) is 5.17. The van der Waals surface area contributed by atoms with Crippen molar-refractivity contribution in [1.82, 2.24) is 0 Å². The maximum atomic E-state index is 12.3. The van der Waals surface area contributed by atoms with Crippen LogP contribution in [0.15, 0.2) is 48.5 Å². The molecule has 0 aliphatic heterocycles. The van der Waals surface area contributed by atoms with Gasteiger partial charge in [-0.15, -0.1) is 0 Å². The van der Waals surface area contributed by atoms with Crippen molar-refractivity contribution in [2.24, 2.45) is 0 Å². The van der Waals surface area contributed by atoms with Crippen molar-refractivity contribution in [3.05, 3.63) is 54.1 Å². The van der Waals surface area contributed by atoms with Crippen molar-refractivity contribution < 1.29 is 32.6 Å². The molecule has 1 atom stereocenters. The standard InChI is InChI=1S/C18H17F2NO5/c1-11(16(22)21-13-6-4-3-5-7-13)25-17(23)12-8-9-14(26-18(19)20)15(10-12)24-2/h3-11,18H,1-2H3,(H,21,22)/t11-/m0/s1. The first-order valence-electron chi connectivity index (χ1n) is 7.60. The maximum Gasteiger partial charge on any atom is 0.387 e. The SMILES string of the molecule is COc1cc(C(=O)O[C@@H](C)C(=O)Nc2ccccc2)ccc1OC(F)F. The highest BCUT2D eigenvalue weighted by atomic mass is 19.3. The van der Waals surface area contributed by atoms with Crippen molar-refractivity contribution in [2.45, 2.75) is 19.6 Å². The Morgan fingerprint density at radius 3 is 2.35 bits per heavy atom. The largest absolute Gasteiger partial charge is 0.493 e. The topological polar surface area (TPSA) is 73.9 Å². The van der Waals surface area contributed by atoms with Gasteiger partial charge in [0.2, 0.25) is 0 Å². The van der Waals surface area contributed by atoms with Gasteiger partial charge in [0.1, 0.15) is 0 Å². The zero-order valence-electron chi connectivity index (χ0n) is 14.1. The van der Waals surface area contributed by atoms with Gasteiger partial charge in [-0.05, 0) is 37.3 Å². The van der Waals surface area contributed by atoms with Gasteiger partial charge < -0.3 is 19.5 Å². The predicted octanol–water partition coefficient (Wildman–Crippen LogP) is 3.48. The minimum atomic E-state index is -3.02. The fourth-order valence-corrected chi connectivity index (χ4v) is 2.04. The Labute approximate surface area is 148 Å². The third-order valence-electron chi connectivity index (χ3n) is 3.31. The lowest BCUT2D eigenvalue weighted by Crippen LogP contribution is -2.30. The molecule has 8 heteroatoms. The zero-order valence-corrected chi connectivity index (χ0v) is 14.1. The first kappa shape index (κ1) is 19.2. The van der Waals surface area contributed by atoms with Crippen LogP contribution in [0.1, 0.15) is 17.3 Å². The van der Waals surface area contributed by atoms with Gasteiger partial charge in [0.05, 0.1) is 12.7 Å². The Kier molecular flexibility index (Phi) is 6.48. The summed E-state index contributed by atoms with van der Waals surface area (Å²) in [7, 11) is 1.25. The number of methoxy groups -OCH3 is 1. The number of nitrogens with one attached hydrogen (secondary N) is 1. The summed E-state index contributed by atoms with van der Waals surface area (Å²) in [6.07, 6.45) is -1.06. The number of esters is 1. The maximum absolute atomic E-state index is 12.3. The van der Waals surface area contributed by atoms with Crippen LogP contribution in [0.25, 0.3) is 0 Å². The van der Waals surface area contributed by atoms with Crippen LogP contribution in [-0.4, -0.2) is 31.7 Å². The number of hydrogen-bond acceptors (Lipinski definition) is 5. The zero-order chi connectivity index (χ0) is 19.1. The number of hydrogen-bond donors (Lipinski definition) is 1. The summed E-state index contributed by atoms with van der Waals surface area (Å²) >= 11 is 0. The van der Waals surface area contributed by atoms with Crippen LogP contribution in [0.5, 0.6) is 11.5 Å². The van der Waals surface area contributed by atoms with E-state index in [1.54, 1.807) is 30.3 Å². The predicted molar refractivity (Wildman–Crippen MR) is 89.6 cm³/mol. The van der Waals surface area contributed by atoms with Crippen LogP contribution >= 0.6 is 0 Å². The molecule has 2 aromatic rings. The molecule has 0 fully saturated rings. The summed E-state index contributed by atoms with van der Waals surface area (Å²) in [5.74, 6) is -1.58. The molecule has 0 saturated carbocycles. The fraction of sp³-hybridized carbons (Fsp3) is 0.222. The number of alkyl halides is 2. The van der Waals surface area contributed by atoms with E-state index in [0.29, 0.717) is 5.69 Å². The summed E-state index contributed by atoms with van der Waals surface area (Å²) in [5.41, 5.74) is 0.596. The van der Waals surface area contributed by atoms with E-state index in [0.717, 1.165) is 6.07 Å². The van der Waals surface area contributed by atoms with Crippen molar-refractivity contribution in [3.63, 3.8) is 0 Å². The Hall–Kier alpha value is -3.16. The Bertz CT molecular complexity index is 767. The molecule has 1 N–H and O–H groups in total. The highest BCUT2D eigenvalue weighted by molar-refractivity contribution is 5.97. The van der Waals surface area contributed by atoms with E-state index in [4.69, 9.17) is 9.47 Å². The van der Waals surface area contributed by atoms with E-state index in [1.165, 1.54) is 26.2 Å². The molecule has 0 unspecified atom stereocenters. The number of para-hydroxylation sites is 1. The smallest absolute Gasteiger partial charge is 0.387 e. The highest BCUT2D eigenvalue weighted by Gasteiger charge is 2.21. The van der Waals surface area contributed by atoms with Crippen molar-refractivity contribution in [2.75, 3.05) is 12.4 Å². The number of anilines is 1. The van der Waals surface area contributed by atoms with Crippen molar-refractivity contribution in [1.29, 1.82) is 0 Å². The molecule has 0 heterocycles. The number of halogens is 2. The van der Waals surface area contributed by atoms with E-state index >= 15 is 0 Å². The average Bonchev–Trinajstić information content (AvgIpc) is 2.62. The van der Waals surface area contributed by atoms with Gasteiger partial charge in [-0.1, -0.05) is 18.2 Å². The normalized spacial score (nSPS) is 11.6. The summed E-state index contributed by atoms with van der Waals surface area (Å²) in [4.78, 5) is 24.2. The van der Waals surface area contributed by atoms with Gasteiger partial charge in [-0.3, -0.25) is 4.79 Å². The molecular weight excluding hydrogens is 348 g/mol. The van der Waals surface area contributed by atoms with Crippen LogP contribution in [0.3, 0.4) is 0 Å². The summed E-state index contributed by atoms with van der Waals surface area (Å²) in [6.45, 7) is -1.61. The number of amides is 1. The Morgan fingerprint density at radius 2 is 1.73 bits per heavy atom. The Morgan fingerprint density at radius 1 is 1.04 bits per heavy atom. The molecule has 2 rings (SSSR count). The van der Waals surface area contributed by atoms with Gasteiger partial charge in [-0.2, -0.15) is 8.78 Å². The summed E-state index contributed by atoms with van der Waals surface area (Å²) in [6, 6.07) is 12.3. The van der Waals surface area contributed by atoms with Gasteiger partial charge in [0.15, 0.2) is 17.6 Å². The quantitative estimate of drug-likeness (QED) is 0.761. The van der Waals surface area contributed by atoms with E-state index in [2.05, 4.69) is 10.1 Å². The molecule has 2 aromatic carbocycles. The average molecular weight is 365 g/mol. The second-order valence-corrected chi connectivity index (χ2v) is 5.15. The Balaban J connectivity index is 2.03. The molecule has 0 saturated heterocycles. The third-order valence-corrected chi connectivity index (χ3v) is 3.31. The lowest BCUT2D eigenvalue weighted by atomic mass is 10.2. The summed E-state index contributed by atoms with van der Waals surface area (Å²) < 4.78 is 38.9. The molecule has 0 radical (unpaired) electrons. The molecule has 6 nitrogen and oxygen atoms in total. The van der Waals surface area contributed by atoms with Gasteiger partial charge in [-0.25, -0.2) is 4.79 Å². The van der Waals surface area contributed by atoms with Crippen molar-refractivity contribution >= 4 is 17.6 Å². The van der Waals surface area contributed by atoms with Gasteiger partial charge >= 0.3 is 12.6 Å². The first-order valence-corrected chi connectivity index (χ1v) is 7.60. The van der Waals surface area contributed by atoms with E-state index in [9.17, 15) is 18.4 Å². The molecule has 1 amide bonds. The summed E-state index contributed by atoms with van der Waals surface area (Å²) in [5, 5.41) is 2.61. The van der Waals surface area contributed by atoms with Crippen LogP contribution in [0.2, 0.25) is 0 Å². The van der Waals surface area contributed by atoms with Gasteiger partial charge in [0, 0.05) is 5.69 Å². The number of rotatable bonds is 7. The molecule has 0 aliphatic carbocycles. The second-order valence-electron chi connectivity index (χ2n) is 5.15. The molecule has 0 bridgehead atoms. The number of carbonyl (C=O) groups is 2.